The third-order valence-corrected chi connectivity index (χ3v) is 4.64. The van der Waals surface area contributed by atoms with Gasteiger partial charge in [-0.25, -0.2) is 13.1 Å². The first-order valence-corrected chi connectivity index (χ1v) is 8.64. The predicted octanol–water partition coefficient (Wildman–Crippen LogP) is 1.66. The highest BCUT2D eigenvalue weighted by atomic mass is 32.2. The standard InChI is InChI=1S/C15H21N3O2S/c1-13-12-14(2)18(17-13)10-9-16-21(19,20)11-8-15-6-4-3-5-7-15/h3-7,12,16H,8-11H2,1-2H3. The molecule has 0 atom stereocenters. The van der Waals surface area contributed by atoms with Crippen LogP contribution >= 0.6 is 0 Å². The van der Waals surface area contributed by atoms with Crippen LogP contribution in [0.25, 0.3) is 0 Å². The molecule has 0 amide bonds. The predicted molar refractivity (Wildman–Crippen MR) is 83.6 cm³/mol. The van der Waals surface area contributed by atoms with Gasteiger partial charge in [-0.05, 0) is 31.9 Å². The van der Waals surface area contributed by atoms with E-state index >= 15 is 0 Å². The van der Waals surface area contributed by atoms with Crippen molar-refractivity contribution in [3.05, 3.63) is 53.3 Å². The van der Waals surface area contributed by atoms with Crippen LogP contribution in [0.15, 0.2) is 36.4 Å². The Kier molecular flexibility index (Phi) is 5.14. The minimum absolute atomic E-state index is 0.105. The van der Waals surface area contributed by atoms with Crippen LogP contribution in [0.5, 0.6) is 0 Å². The number of hydrogen-bond donors (Lipinski definition) is 1. The Morgan fingerprint density at radius 2 is 1.90 bits per heavy atom. The van der Waals surface area contributed by atoms with Crippen LogP contribution in [0.3, 0.4) is 0 Å². The van der Waals surface area contributed by atoms with Crippen LogP contribution < -0.4 is 4.72 Å². The topological polar surface area (TPSA) is 64.0 Å². The molecule has 2 rings (SSSR count). The van der Waals surface area contributed by atoms with Crippen molar-refractivity contribution < 1.29 is 8.42 Å². The molecule has 0 aliphatic carbocycles. The molecule has 5 nitrogen and oxygen atoms in total. The molecular weight excluding hydrogens is 286 g/mol. The van der Waals surface area contributed by atoms with Gasteiger partial charge in [0, 0.05) is 12.2 Å². The zero-order valence-electron chi connectivity index (χ0n) is 12.4. The Labute approximate surface area is 126 Å². The average Bonchev–Trinajstić information content (AvgIpc) is 2.76. The SMILES string of the molecule is Cc1cc(C)n(CCNS(=O)(=O)CCc2ccccc2)n1. The van der Waals surface area contributed by atoms with E-state index in [1.165, 1.54) is 0 Å². The molecule has 0 radical (unpaired) electrons. The van der Waals surface area contributed by atoms with Crippen molar-refractivity contribution in [1.29, 1.82) is 0 Å². The maximum atomic E-state index is 11.9. The van der Waals surface area contributed by atoms with Crippen LogP contribution in [0.4, 0.5) is 0 Å². The van der Waals surface area contributed by atoms with E-state index in [9.17, 15) is 8.42 Å². The van der Waals surface area contributed by atoms with Gasteiger partial charge >= 0.3 is 0 Å². The smallest absolute Gasteiger partial charge is 0.211 e. The van der Waals surface area contributed by atoms with E-state index in [1.807, 2.05) is 54.9 Å². The lowest BCUT2D eigenvalue weighted by Gasteiger charge is -2.08. The summed E-state index contributed by atoms with van der Waals surface area (Å²) < 4.78 is 28.3. The van der Waals surface area contributed by atoms with Crippen molar-refractivity contribution in [3.63, 3.8) is 0 Å². The van der Waals surface area contributed by atoms with E-state index in [4.69, 9.17) is 0 Å². The summed E-state index contributed by atoms with van der Waals surface area (Å²) in [5.74, 6) is 0.105. The van der Waals surface area contributed by atoms with Gasteiger partial charge in [0.05, 0.1) is 18.0 Å². The van der Waals surface area contributed by atoms with Gasteiger partial charge in [-0.1, -0.05) is 30.3 Å². The third-order valence-electron chi connectivity index (χ3n) is 3.25. The van der Waals surface area contributed by atoms with Crippen molar-refractivity contribution in [2.45, 2.75) is 26.8 Å². The number of aryl methyl sites for hydroxylation is 3. The summed E-state index contributed by atoms with van der Waals surface area (Å²) in [5.41, 5.74) is 3.01. The van der Waals surface area contributed by atoms with Crippen molar-refractivity contribution in [2.24, 2.45) is 0 Å². The number of nitrogens with zero attached hydrogens (tertiary/aromatic N) is 2. The Morgan fingerprint density at radius 3 is 2.52 bits per heavy atom. The van der Waals surface area contributed by atoms with Gasteiger partial charge in [-0.3, -0.25) is 4.68 Å². The fourth-order valence-corrected chi connectivity index (χ4v) is 3.23. The highest BCUT2D eigenvalue weighted by Gasteiger charge is 2.10. The second kappa shape index (κ2) is 6.87. The average molecular weight is 307 g/mol. The van der Waals surface area contributed by atoms with Gasteiger partial charge < -0.3 is 0 Å². The molecule has 21 heavy (non-hydrogen) atoms. The minimum atomic E-state index is -3.25. The first-order chi connectivity index (χ1) is 9.96. The first-order valence-electron chi connectivity index (χ1n) is 6.98. The van der Waals surface area contributed by atoms with Crippen molar-refractivity contribution in [2.75, 3.05) is 12.3 Å². The van der Waals surface area contributed by atoms with Crippen molar-refractivity contribution >= 4 is 10.0 Å². The molecule has 1 aromatic carbocycles. The summed E-state index contributed by atoms with van der Waals surface area (Å²) in [7, 11) is -3.25. The lowest BCUT2D eigenvalue weighted by atomic mass is 10.2. The second-order valence-corrected chi connectivity index (χ2v) is 7.03. The molecule has 1 aromatic heterocycles. The highest BCUT2D eigenvalue weighted by molar-refractivity contribution is 7.89. The summed E-state index contributed by atoms with van der Waals surface area (Å²) >= 11 is 0. The normalized spacial score (nSPS) is 11.7. The molecule has 0 unspecified atom stereocenters. The van der Waals surface area contributed by atoms with Crippen molar-refractivity contribution in [3.8, 4) is 0 Å². The Bertz CT molecular complexity index is 678. The number of nitrogens with one attached hydrogen (secondary N) is 1. The zero-order chi connectivity index (χ0) is 15.3. The van der Waals surface area contributed by atoms with E-state index in [0.717, 1.165) is 17.0 Å². The molecule has 0 saturated carbocycles. The second-order valence-electron chi connectivity index (χ2n) is 5.10. The van der Waals surface area contributed by atoms with Gasteiger partial charge in [0.25, 0.3) is 0 Å². The van der Waals surface area contributed by atoms with Crippen LogP contribution in [0.2, 0.25) is 0 Å². The number of hydrogen-bond acceptors (Lipinski definition) is 3. The number of aromatic nitrogens is 2. The maximum Gasteiger partial charge on any atom is 0.211 e. The minimum Gasteiger partial charge on any atom is -0.268 e. The van der Waals surface area contributed by atoms with Gasteiger partial charge in [-0.2, -0.15) is 5.10 Å². The molecule has 2 aromatic rings. The first kappa shape index (κ1) is 15.7. The molecule has 0 spiro atoms. The summed E-state index contributed by atoms with van der Waals surface area (Å²) in [5, 5.41) is 4.31. The maximum absolute atomic E-state index is 11.9. The van der Waals surface area contributed by atoms with Gasteiger partial charge in [0.1, 0.15) is 0 Å². The van der Waals surface area contributed by atoms with E-state index in [0.29, 0.717) is 19.5 Å². The highest BCUT2D eigenvalue weighted by Crippen LogP contribution is 2.02. The summed E-state index contributed by atoms with van der Waals surface area (Å²) in [6, 6.07) is 11.6. The molecule has 6 heteroatoms. The Hall–Kier alpha value is -1.66. The van der Waals surface area contributed by atoms with Crippen molar-refractivity contribution in [1.82, 2.24) is 14.5 Å². The van der Waals surface area contributed by atoms with E-state index in [-0.39, 0.29) is 5.75 Å². The van der Waals surface area contributed by atoms with Gasteiger partial charge in [0.2, 0.25) is 10.0 Å². The molecule has 0 fully saturated rings. The molecule has 0 aliphatic rings. The molecule has 1 N–H and O–H groups in total. The monoisotopic (exact) mass is 307 g/mol. The third kappa shape index (κ3) is 4.99. The van der Waals surface area contributed by atoms with Gasteiger partial charge in [-0.15, -0.1) is 0 Å². The fraction of sp³-hybridized carbons (Fsp3) is 0.400. The van der Waals surface area contributed by atoms with E-state index in [1.54, 1.807) is 0 Å². The number of benzene rings is 1. The molecule has 1 heterocycles. The van der Waals surface area contributed by atoms with Crippen LogP contribution in [-0.2, 0) is 23.0 Å². The van der Waals surface area contributed by atoms with Gasteiger partial charge in [0.15, 0.2) is 0 Å². The molecule has 0 saturated heterocycles. The van der Waals surface area contributed by atoms with E-state index < -0.39 is 10.0 Å². The van der Waals surface area contributed by atoms with Crippen LogP contribution in [0, 0.1) is 13.8 Å². The fourth-order valence-electron chi connectivity index (χ4n) is 2.18. The summed E-state index contributed by atoms with van der Waals surface area (Å²) in [6.07, 6.45) is 0.524. The molecule has 114 valence electrons. The number of rotatable bonds is 7. The Morgan fingerprint density at radius 1 is 1.19 bits per heavy atom. The van der Waals surface area contributed by atoms with Crippen LogP contribution in [0.1, 0.15) is 17.0 Å². The summed E-state index contributed by atoms with van der Waals surface area (Å²) in [6.45, 7) is 4.79. The van der Waals surface area contributed by atoms with Crippen LogP contribution in [-0.4, -0.2) is 30.5 Å². The van der Waals surface area contributed by atoms with E-state index in [2.05, 4.69) is 9.82 Å². The molecule has 0 bridgehead atoms. The lowest BCUT2D eigenvalue weighted by Crippen LogP contribution is -2.30. The molecular formula is C15H21N3O2S. The zero-order valence-corrected chi connectivity index (χ0v) is 13.2. The quantitative estimate of drug-likeness (QED) is 0.846. The molecule has 0 aliphatic heterocycles. The lowest BCUT2D eigenvalue weighted by molar-refractivity contribution is 0.554. The largest absolute Gasteiger partial charge is 0.268 e. The Balaban J connectivity index is 1.80. The summed E-state index contributed by atoms with van der Waals surface area (Å²) in [4.78, 5) is 0. The number of sulfonamides is 1.